The van der Waals surface area contributed by atoms with Crippen molar-refractivity contribution in [1.82, 2.24) is 5.43 Å². The molecule has 0 saturated heterocycles. The third kappa shape index (κ3) is 3.27. The fourth-order valence-corrected chi connectivity index (χ4v) is 1.87. The first-order valence-corrected chi connectivity index (χ1v) is 5.43. The first kappa shape index (κ1) is 11.5. The molecule has 14 heavy (non-hydrogen) atoms. The molecule has 1 aliphatic carbocycles. The van der Waals surface area contributed by atoms with Crippen LogP contribution in [-0.2, 0) is 9.53 Å². The van der Waals surface area contributed by atoms with Crippen molar-refractivity contribution in [2.75, 3.05) is 0 Å². The molecule has 82 valence electrons. The monoisotopic (exact) mass is 200 g/mol. The van der Waals surface area contributed by atoms with Gasteiger partial charge in [-0.05, 0) is 19.3 Å². The van der Waals surface area contributed by atoms with Gasteiger partial charge in [0.1, 0.15) is 6.10 Å². The molecule has 0 aromatic rings. The van der Waals surface area contributed by atoms with Crippen LogP contribution in [0.5, 0.6) is 0 Å². The molecule has 0 aliphatic heterocycles. The van der Waals surface area contributed by atoms with Gasteiger partial charge in [0, 0.05) is 0 Å². The molecule has 1 rings (SSSR count). The topological polar surface area (TPSA) is 64.3 Å². The number of carbonyl (C=O) groups excluding carboxylic acids is 1. The standard InChI is InChI=1S/C10H20N2O2/c1-2-9(10(13)12-11)14-8-6-4-3-5-7-8/h8-9H,2-7,11H2,1H3,(H,12,13). The zero-order chi connectivity index (χ0) is 10.4. The van der Waals surface area contributed by atoms with Crippen molar-refractivity contribution in [3.05, 3.63) is 0 Å². The van der Waals surface area contributed by atoms with Crippen LogP contribution in [0.4, 0.5) is 0 Å². The summed E-state index contributed by atoms with van der Waals surface area (Å²) in [5.74, 6) is 4.86. The van der Waals surface area contributed by atoms with Gasteiger partial charge in [0.2, 0.25) is 0 Å². The summed E-state index contributed by atoms with van der Waals surface area (Å²) in [6.45, 7) is 1.93. The lowest BCUT2D eigenvalue weighted by atomic mass is 9.97. The van der Waals surface area contributed by atoms with E-state index in [1.807, 2.05) is 6.92 Å². The Bertz CT molecular complexity index is 179. The highest BCUT2D eigenvalue weighted by atomic mass is 16.5. The van der Waals surface area contributed by atoms with Gasteiger partial charge in [0.05, 0.1) is 6.10 Å². The first-order valence-electron chi connectivity index (χ1n) is 5.43. The summed E-state index contributed by atoms with van der Waals surface area (Å²) in [4.78, 5) is 11.3. The fraction of sp³-hybridized carbons (Fsp3) is 0.900. The molecule has 4 nitrogen and oxygen atoms in total. The van der Waals surface area contributed by atoms with Crippen LogP contribution < -0.4 is 11.3 Å². The van der Waals surface area contributed by atoms with Crippen LogP contribution >= 0.6 is 0 Å². The van der Waals surface area contributed by atoms with Gasteiger partial charge in [-0.3, -0.25) is 10.2 Å². The molecule has 0 radical (unpaired) electrons. The Morgan fingerprint density at radius 2 is 2.14 bits per heavy atom. The average Bonchev–Trinajstić information content (AvgIpc) is 2.26. The van der Waals surface area contributed by atoms with Gasteiger partial charge in [-0.2, -0.15) is 0 Å². The number of amides is 1. The van der Waals surface area contributed by atoms with E-state index in [1.165, 1.54) is 19.3 Å². The molecule has 0 aromatic heterocycles. The van der Waals surface area contributed by atoms with E-state index >= 15 is 0 Å². The summed E-state index contributed by atoms with van der Waals surface area (Å²) < 4.78 is 5.70. The molecule has 1 saturated carbocycles. The molecule has 1 atom stereocenters. The largest absolute Gasteiger partial charge is 0.365 e. The Labute approximate surface area is 85.2 Å². The summed E-state index contributed by atoms with van der Waals surface area (Å²) in [7, 11) is 0. The first-order chi connectivity index (χ1) is 6.77. The van der Waals surface area contributed by atoms with E-state index in [9.17, 15) is 4.79 Å². The maximum Gasteiger partial charge on any atom is 0.262 e. The lowest BCUT2D eigenvalue weighted by Gasteiger charge is -2.26. The van der Waals surface area contributed by atoms with Crippen LogP contribution in [0.1, 0.15) is 45.4 Å². The van der Waals surface area contributed by atoms with Gasteiger partial charge >= 0.3 is 0 Å². The van der Waals surface area contributed by atoms with Gasteiger partial charge in [0.25, 0.3) is 5.91 Å². The van der Waals surface area contributed by atoms with Crippen LogP contribution in [0.15, 0.2) is 0 Å². The van der Waals surface area contributed by atoms with E-state index in [-0.39, 0.29) is 18.1 Å². The predicted molar refractivity (Wildman–Crippen MR) is 54.4 cm³/mol. The molecular formula is C10H20N2O2. The molecule has 3 N–H and O–H groups in total. The highest BCUT2D eigenvalue weighted by Crippen LogP contribution is 2.22. The van der Waals surface area contributed by atoms with E-state index in [0.717, 1.165) is 12.8 Å². The SMILES string of the molecule is CCC(OC1CCCCC1)C(=O)NN. The highest BCUT2D eigenvalue weighted by Gasteiger charge is 2.22. The molecule has 1 fully saturated rings. The Hall–Kier alpha value is -0.610. The highest BCUT2D eigenvalue weighted by molar-refractivity contribution is 5.80. The normalized spacial score (nSPS) is 20.4. The number of ether oxygens (including phenoxy) is 1. The van der Waals surface area contributed by atoms with Gasteiger partial charge in [-0.25, -0.2) is 5.84 Å². The van der Waals surface area contributed by atoms with Gasteiger partial charge in [0.15, 0.2) is 0 Å². The van der Waals surface area contributed by atoms with Crippen LogP contribution in [0.25, 0.3) is 0 Å². The number of hydrazine groups is 1. The Morgan fingerprint density at radius 3 is 2.64 bits per heavy atom. The van der Waals surface area contributed by atoms with Crippen molar-refractivity contribution < 1.29 is 9.53 Å². The minimum atomic E-state index is -0.372. The number of nitrogens with one attached hydrogen (secondary N) is 1. The number of hydrogen-bond acceptors (Lipinski definition) is 3. The Kier molecular flexibility index (Phi) is 4.90. The third-order valence-corrected chi connectivity index (χ3v) is 2.71. The number of rotatable bonds is 4. The summed E-state index contributed by atoms with van der Waals surface area (Å²) in [5, 5.41) is 0. The summed E-state index contributed by atoms with van der Waals surface area (Å²) in [6.07, 6.45) is 6.44. The summed E-state index contributed by atoms with van der Waals surface area (Å²) >= 11 is 0. The Morgan fingerprint density at radius 1 is 1.50 bits per heavy atom. The smallest absolute Gasteiger partial charge is 0.262 e. The minimum Gasteiger partial charge on any atom is -0.365 e. The molecule has 0 heterocycles. The van der Waals surface area contributed by atoms with Crippen LogP contribution in [-0.4, -0.2) is 18.1 Å². The maximum atomic E-state index is 11.3. The summed E-state index contributed by atoms with van der Waals surface area (Å²) in [6, 6.07) is 0. The number of nitrogens with two attached hydrogens (primary N) is 1. The van der Waals surface area contributed by atoms with Crippen molar-refractivity contribution >= 4 is 5.91 Å². The lowest BCUT2D eigenvalue weighted by molar-refractivity contribution is -0.138. The Balaban J connectivity index is 2.34. The molecule has 0 bridgehead atoms. The van der Waals surface area contributed by atoms with Crippen molar-refractivity contribution in [1.29, 1.82) is 0 Å². The van der Waals surface area contributed by atoms with Gasteiger partial charge in [-0.15, -0.1) is 0 Å². The second-order valence-electron chi connectivity index (χ2n) is 3.80. The van der Waals surface area contributed by atoms with Crippen LogP contribution in [0.3, 0.4) is 0 Å². The molecule has 0 aromatic carbocycles. The number of carbonyl (C=O) groups is 1. The second kappa shape index (κ2) is 5.98. The van der Waals surface area contributed by atoms with E-state index in [0.29, 0.717) is 6.42 Å². The van der Waals surface area contributed by atoms with E-state index in [1.54, 1.807) is 0 Å². The van der Waals surface area contributed by atoms with E-state index < -0.39 is 0 Å². The molecule has 1 unspecified atom stereocenters. The molecule has 1 amide bonds. The third-order valence-electron chi connectivity index (χ3n) is 2.71. The quantitative estimate of drug-likeness (QED) is 0.406. The number of hydrogen-bond donors (Lipinski definition) is 2. The zero-order valence-corrected chi connectivity index (χ0v) is 8.79. The second-order valence-corrected chi connectivity index (χ2v) is 3.80. The maximum absolute atomic E-state index is 11.3. The van der Waals surface area contributed by atoms with E-state index in [2.05, 4.69) is 5.43 Å². The predicted octanol–water partition coefficient (Wildman–Crippen LogP) is 1.10. The van der Waals surface area contributed by atoms with Gasteiger partial charge in [-0.1, -0.05) is 26.2 Å². The molecule has 4 heteroatoms. The zero-order valence-electron chi connectivity index (χ0n) is 8.79. The molecule has 1 aliphatic rings. The van der Waals surface area contributed by atoms with Crippen LogP contribution in [0.2, 0.25) is 0 Å². The lowest BCUT2D eigenvalue weighted by Crippen LogP contribution is -2.42. The van der Waals surface area contributed by atoms with Crippen molar-refractivity contribution in [3.63, 3.8) is 0 Å². The minimum absolute atomic E-state index is 0.210. The summed E-state index contributed by atoms with van der Waals surface area (Å²) in [5.41, 5.74) is 2.14. The van der Waals surface area contributed by atoms with Crippen molar-refractivity contribution in [2.24, 2.45) is 5.84 Å². The van der Waals surface area contributed by atoms with Crippen molar-refractivity contribution in [2.45, 2.75) is 57.7 Å². The fourth-order valence-electron chi connectivity index (χ4n) is 1.87. The van der Waals surface area contributed by atoms with Gasteiger partial charge < -0.3 is 4.74 Å². The van der Waals surface area contributed by atoms with E-state index in [4.69, 9.17) is 10.6 Å². The molecular weight excluding hydrogens is 180 g/mol. The molecule has 0 spiro atoms. The van der Waals surface area contributed by atoms with Crippen molar-refractivity contribution in [3.8, 4) is 0 Å². The van der Waals surface area contributed by atoms with Crippen LogP contribution in [0, 0.1) is 0 Å². The average molecular weight is 200 g/mol.